The third-order valence-electron chi connectivity index (χ3n) is 5.33. The largest absolute Gasteiger partial charge is 0.412 e. The van der Waals surface area contributed by atoms with Gasteiger partial charge in [0.2, 0.25) is 0 Å². The second-order valence-corrected chi connectivity index (χ2v) is 8.15. The molecule has 34 heavy (non-hydrogen) atoms. The number of hydrogen-bond acceptors (Lipinski definition) is 10. The molecule has 1 aliphatic rings. The molecule has 172 valence electrons. The molecule has 4 aromatic heterocycles. The van der Waals surface area contributed by atoms with Gasteiger partial charge in [-0.1, -0.05) is 0 Å². The van der Waals surface area contributed by atoms with Crippen LogP contribution in [0.3, 0.4) is 0 Å². The molecule has 12 heteroatoms. The molecular formula is C22H22N10O2. The lowest BCUT2D eigenvalue weighted by Crippen LogP contribution is -2.46. The highest BCUT2D eigenvalue weighted by atomic mass is 16.4. The van der Waals surface area contributed by atoms with Gasteiger partial charge < -0.3 is 20.0 Å². The van der Waals surface area contributed by atoms with Crippen molar-refractivity contribution in [3.8, 4) is 23.3 Å². The molecule has 0 radical (unpaired) electrons. The molecule has 12 nitrogen and oxygen atoms in total. The van der Waals surface area contributed by atoms with Crippen molar-refractivity contribution in [3.63, 3.8) is 0 Å². The van der Waals surface area contributed by atoms with Crippen molar-refractivity contribution in [2.45, 2.75) is 19.9 Å². The summed E-state index contributed by atoms with van der Waals surface area (Å²) in [6, 6.07) is 5.71. The van der Waals surface area contributed by atoms with E-state index in [1.807, 2.05) is 19.9 Å². The van der Waals surface area contributed by atoms with Crippen molar-refractivity contribution in [1.82, 2.24) is 40.2 Å². The SMILES string of the molecule is CC(C)Nc1cc(-n2ncc3cc(C#N)cnc32)ncc1-c1nnc(C(=O)N2CCNCC2)o1. The summed E-state index contributed by atoms with van der Waals surface area (Å²) in [5.41, 5.74) is 2.30. The molecule has 1 amide bonds. The van der Waals surface area contributed by atoms with Gasteiger partial charge in [-0.2, -0.15) is 15.0 Å². The normalized spacial score (nSPS) is 13.9. The summed E-state index contributed by atoms with van der Waals surface area (Å²) in [5, 5.41) is 28.9. The average molecular weight is 458 g/mol. The van der Waals surface area contributed by atoms with Gasteiger partial charge in [-0.15, -0.1) is 10.2 Å². The molecule has 1 saturated heterocycles. The highest BCUT2D eigenvalue weighted by molar-refractivity contribution is 5.90. The van der Waals surface area contributed by atoms with Crippen LogP contribution >= 0.6 is 0 Å². The molecule has 0 bridgehead atoms. The number of pyridine rings is 2. The van der Waals surface area contributed by atoms with E-state index in [2.05, 4.69) is 42.0 Å². The first-order valence-corrected chi connectivity index (χ1v) is 10.9. The Kier molecular flexibility index (Phi) is 5.60. The number of nitrogens with one attached hydrogen (secondary N) is 2. The Morgan fingerprint density at radius 3 is 2.76 bits per heavy atom. The fourth-order valence-electron chi connectivity index (χ4n) is 3.73. The minimum atomic E-state index is -0.283. The van der Waals surface area contributed by atoms with Gasteiger partial charge in [-0.05, 0) is 19.9 Å². The topological polar surface area (TPSA) is 151 Å². The number of piperazine rings is 1. The predicted octanol–water partition coefficient (Wildman–Crippen LogP) is 1.60. The summed E-state index contributed by atoms with van der Waals surface area (Å²) in [5.74, 6) is 0.389. The lowest BCUT2D eigenvalue weighted by Gasteiger charge is -2.25. The minimum absolute atomic E-state index is 0.0490. The number of fused-ring (bicyclic) bond motifs is 1. The Hall–Kier alpha value is -4.37. The molecule has 1 fully saturated rings. The van der Waals surface area contributed by atoms with Crippen LogP contribution in [0.1, 0.15) is 30.1 Å². The van der Waals surface area contributed by atoms with Crippen LogP contribution < -0.4 is 10.6 Å². The number of amides is 1. The Bertz CT molecular complexity index is 1390. The fourth-order valence-corrected chi connectivity index (χ4v) is 3.73. The van der Waals surface area contributed by atoms with Gasteiger partial charge in [-0.25, -0.2) is 9.97 Å². The van der Waals surface area contributed by atoms with E-state index in [1.165, 1.54) is 6.20 Å². The Balaban J connectivity index is 1.50. The van der Waals surface area contributed by atoms with Gasteiger partial charge >= 0.3 is 11.8 Å². The molecular weight excluding hydrogens is 436 g/mol. The molecule has 0 saturated carbocycles. The second-order valence-electron chi connectivity index (χ2n) is 8.15. The predicted molar refractivity (Wildman–Crippen MR) is 122 cm³/mol. The molecule has 5 heterocycles. The third-order valence-corrected chi connectivity index (χ3v) is 5.33. The number of hydrogen-bond donors (Lipinski definition) is 2. The van der Waals surface area contributed by atoms with E-state index >= 15 is 0 Å². The summed E-state index contributed by atoms with van der Waals surface area (Å²) in [6.45, 7) is 6.66. The molecule has 4 aromatic rings. The van der Waals surface area contributed by atoms with Gasteiger partial charge in [0.15, 0.2) is 11.5 Å². The van der Waals surface area contributed by atoms with Crippen LogP contribution in [0.4, 0.5) is 5.69 Å². The van der Waals surface area contributed by atoms with Gasteiger partial charge in [0.25, 0.3) is 5.89 Å². The number of carbonyl (C=O) groups is 1. The van der Waals surface area contributed by atoms with Crippen LogP contribution in [0.2, 0.25) is 0 Å². The second kappa shape index (κ2) is 8.87. The first-order valence-electron chi connectivity index (χ1n) is 10.9. The lowest BCUT2D eigenvalue weighted by molar-refractivity contribution is 0.0696. The highest BCUT2D eigenvalue weighted by Gasteiger charge is 2.25. The zero-order valence-electron chi connectivity index (χ0n) is 18.7. The maximum Gasteiger partial charge on any atom is 0.311 e. The summed E-state index contributed by atoms with van der Waals surface area (Å²) >= 11 is 0. The number of nitrogens with zero attached hydrogens (tertiary/aromatic N) is 8. The quantitative estimate of drug-likeness (QED) is 0.451. The Morgan fingerprint density at radius 2 is 2.00 bits per heavy atom. The first-order chi connectivity index (χ1) is 16.5. The molecule has 1 aliphatic heterocycles. The summed E-state index contributed by atoms with van der Waals surface area (Å²) in [4.78, 5) is 23.3. The smallest absolute Gasteiger partial charge is 0.311 e. The summed E-state index contributed by atoms with van der Waals surface area (Å²) in [7, 11) is 0. The molecule has 0 aliphatic carbocycles. The van der Waals surface area contributed by atoms with E-state index in [0.717, 1.165) is 18.5 Å². The molecule has 0 unspecified atom stereocenters. The van der Waals surface area contributed by atoms with E-state index < -0.39 is 0 Å². The van der Waals surface area contributed by atoms with Crippen LogP contribution in [0.5, 0.6) is 0 Å². The molecule has 0 atom stereocenters. The number of rotatable bonds is 5. The van der Waals surface area contributed by atoms with Crippen molar-refractivity contribution < 1.29 is 9.21 Å². The molecule has 5 rings (SSSR count). The van der Waals surface area contributed by atoms with E-state index in [-0.39, 0.29) is 23.7 Å². The van der Waals surface area contributed by atoms with Gasteiger partial charge in [-0.3, -0.25) is 4.79 Å². The van der Waals surface area contributed by atoms with Crippen LogP contribution in [-0.2, 0) is 0 Å². The average Bonchev–Trinajstić information content (AvgIpc) is 3.51. The number of aromatic nitrogens is 6. The van der Waals surface area contributed by atoms with Crippen LogP contribution in [0.15, 0.2) is 35.1 Å². The summed E-state index contributed by atoms with van der Waals surface area (Å²) in [6.07, 6.45) is 4.74. The number of anilines is 1. The van der Waals surface area contributed by atoms with Crippen molar-refractivity contribution in [2.75, 3.05) is 31.5 Å². The van der Waals surface area contributed by atoms with Crippen molar-refractivity contribution >= 4 is 22.6 Å². The minimum Gasteiger partial charge on any atom is -0.412 e. The van der Waals surface area contributed by atoms with E-state index in [1.54, 1.807) is 28.0 Å². The van der Waals surface area contributed by atoms with E-state index in [9.17, 15) is 4.79 Å². The third kappa shape index (κ3) is 4.04. The zero-order valence-corrected chi connectivity index (χ0v) is 18.7. The van der Waals surface area contributed by atoms with Crippen molar-refractivity contribution in [2.24, 2.45) is 0 Å². The number of nitriles is 1. The van der Waals surface area contributed by atoms with Crippen LogP contribution in [0.25, 0.3) is 28.3 Å². The summed E-state index contributed by atoms with van der Waals surface area (Å²) < 4.78 is 7.35. The molecule has 0 aromatic carbocycles. The van der Waals surface area contributed by atoms with Crippen LogP contribution in [-0.4, -0.2) is 73.0 Å². The lowest BCUT2D eigenvalue weighted by atomic mass is 10.2. The molecule has 2 N–H and O–H groups in total. The van der Waals surface area contributed by atoms with E-state index in [4.69, 9.17) is 9.68 Å². The van der Waals surface area contributed by atoms with E-state index in [0.29, 0.717) is 41.4 Å². The van der Waals surface area contributed by atoms with Gasteiger partial charge in [0.05, 0.1) is 23.0 Å². The van der Waals surface area contributed by atoms with Crippen LogP contribution in [0, 0.1) is 11.3 Å². The Labute approximate surface area is 194 Å². The van der Waals surface area contributed by atoms with Gasteiger partial charge in [0, 0.05) is 56.1 Å². The zero-order chi connectivity index (χ0) is 23.7. The maximum atomic E-state index is 12.7. The molecule has 0 spiro atoms. The highest BCUT2D eigenvalue weighted by Crippen LogP contribution is 2.29. The Morgan fingerprint density at radius 1 is 1.18 bits per heavy atom. The van der Waals surface area contributed by atoms with Gasteiger partial charge in [0.1, 0.15) is 6.07 Å². The maximum absolute atomic E-state index is 12.7. The number of carbonyl (C=O) groups excluding carboxylic acids is 1. The monoisotopic (exact) mass is 458 g/mol. The standard InChI is InChI=1S/C22H22N10O2/c1-13(2)28-17-8-18(32-19-15(11-27-32)7-14(9-23)10-26-19)25-12-16(17)20-29-30-21(34-20)22(33)31-5-3-24-4-6-31/h7-8,10-13,24H,3-6H2,1-2H3,(H,25,28). The first kappa shape index (κ1) is 21.5. The van der Waals surface area contributed by atoms with Crippen molar-refractivity contribution in [1.29, 1.82) is 5.26 Å². The fraction of sp³-hybridized carbons (Fsp3) is 0.318. The van der Waals surface area contributed by atoms with Crippen molar-refractivity contribution in [3.05, 3.63) is 42.2 Å².